The molecular weight excluding hydrogens is 278 g/mol. The summed E-state index contributed by atoms with van der Waals surface area (Å²) in [5.74, 6) is 1.60. The van der Waals surface area contributed by atoms with E-state index in [2.05, 4.69) is 5.32 Å². The van der Waals surface area contributed by atoms with Crippen molar-refractivity contribution in [1.82, 2.24) is 9.38 Å². The summed E-state index contributed by atoms with van der Waals surface area (Å²) in [4.78, 5) is 4.69. The van der Waals surface area contributed by atoms with E-state index in [9.17, 15) is 0 Å². The molecular formula is C17H17N3O2. The average Bonchev–Trinajstić information content (AvgIpc) is 2.84. The van der Waals surface area contributed by atoms with E-state index >= 15 is 0 Å². The van der Waals surface area contributed by atoms with Gasteiger partial charge in [-0.2, -0.15) is 0 Å². The second-order valence-electron chi connectivity index (χ2n) is 5.27. The molecule has 2 aromatic heterocycles. The minimum Gasteiger partial charge on any atom is -0.490 e. The van der Waals surface area contributed by atoms with Crippen molar-refractivity contribution in [2.75, 3.05) is 25.6 Å². The Morgan fingerprint density at radius 1 is 1.09 bits per heavy atom. The molecule has 0 aliphatic carbocycles. The Balaban J connectivity index is 1.76. The Bertz CT molecular complexity index is 826. The molecule has 1 N–H and O–H groups in total. The van der Waals surface area contributed by atoms with E-state index in [0.29, 0.717) is 13.2 Å². The van der Waals surface area contributed by atoms with Crippen LogP contribution in [0.15, 0.2) is 42.7 Å². The predicted octanol–water partition coefficient (Wildman–Crippen LogP) is 3.20. The number of pyridine rings is 1. The third kappa shape index (κ3) is 2.24. The summed E-state index contributed by atoms with van der Waals surface area (Å²) in [6, 6.07) is 10.0. The van der Waals surface area contributed by atoms with E-state index in [-0.39, 0.29) is 0 Å². The van der Waals surface area contributed by atoms with Crippen molar-refractivity contribution in [3.8, 4) is 22.8 Å². The van der Waals surface area contributed by atoms with Gasteiger partial charge in [0.25, 0.3) is 0 Å². The highest BCUT2D eigenvalue weighted by atomic mass is 16.5. The smallest absolute Gasteiger partial charge is 0.161 e. The maximum absolute atomic E-state index is 5.75. The average molecular weight is 295 g/mol. The van der Waals surface area contributed by atoms with Crippen molar-refractivity contribution in [3.63, 3.8) is 0 Å². The fraction of sp³-hybridized carbons (Fsp3) is 0.235. The van der Waals surface area contributed by atoms with Crippen LogP contribution in [0.4, 0.5) is 5.69 Å². The Hall–Kier alpha value is -2.69. The van der Waals surface area contributed by atoms with E-state index in [1.54, 1.807) is 0 Å². The van der Waals surface area contributed by atoms with Gasteiger partial charge in [-0.05, 0) is 24.3 Å². The lowest BCUT2D eigenvalue weighted by Gasteiger charge is -2.07. The largest absolute Gasteiger partial charge is 0.490 e. The standard InChI is InChI=1S/C17H17N3O2/c1-18-13-5-6-20-11-14(19-17(20)10-13)12-3-4-15-16(9-12)22-8-2-7-21-15/h3-6,9-11,18H,2,7-8H2,1H3. The SMILES string of the molecule is CNc1ccn2cc(-c3ccc4c(c3)OCCCO4)nc2c1. The third-order valence-corrected chi connectivity index (χ3v) is 3.79. The van der Waals surface area contributed by atoms with Gasteiger partial charge in [-0.1, -0.05) is 0 Å². The van der Waals surface area contributed by atoms with Gasteiger partial charge in [0, 0.05) is 43.2 Å². The molecule has 1 aromatic carbocycles. The number of rotatable bonds is 2. The van der Waals surface area contributed by atoms with Crippen molar-refractivity contribution in [1.29, 1.82) is 0 Å². The number of benzene rings is 1. The lowest BCUT2D eigenvalue weighted by Crippen LogP contribution is -1.97. The predicted molar refractivity (Wildman–Crippen MR) is 85.8 cm³/mol. The highest BCUT2D eigenvalue weighted by Crippen LogP contribution is 2.34. The highest BCUT2D eigenvalue weighted by Gasteiger charge is 2.13. The van der Waals surface area contributed by atoms with Gasteiger partial charge in [0.2, 0.25) is 0 Å². The fourth-order valence-electron chi connectivity index (χ4n) is 2.60. The van der Waals surface area contributed by atoms with Crippen LogP contribution >= 0.6 is 0 Å². The van der Waals surface area contributed by atoms with Gasteiger partial charge >= 0.3 is 0 Å². The van der Waals surface area contributed by atoms with E-state index in [1.165, 1.54) is 0 Å². The lowest BCUT2D eigenvalue weighted by atomic mass is 10.1. The van der Waals surface area contributed by atoms with Gasteiger partial charge in [0.1, 0.15) is 5.65 Å². The van der Waals surface area contributed by atoms with Crippen LogP contribution in [0.25, 0.3) is 16.9 Å². The molecule has 112 valence electrons. The summed E-state index contributed by atoms with van der Waals surface area (Å²) in [5.41, 5.74) is 3.90. The molecule has 0 spiro atoms. The van der Waals surface area contributed by atoms with Crippen molar-refractivity contribution in [3.05, 3.63) is 42.7 Å². The molecule has 0 unspecified atom stereocenters. The normalized spacial score (nSPS) is 13.9. The zero-order valence-electron chi connectivity index (χ0n) is 12.4. The van der Waals surface area contributed by atoms with Crippen LogP contribution in [0.1, 0.15) is 6.42 Å². The van der Waals surface area contributed by atoms with Gasteiger partial charge in [-0.15, -0.1) is 0 Å². The van der Waals surface area contributed by atoms with E-state index in [1.807, 2.05) is 54.2 Å². The number of hydrogen-bond acceptors (Lipinski definition) is 4. The first-order chi connectivity index (χ1) is 10.8. The van der Waals surface area contributed by atoms with Gasteiger partial charge in [-0.25, -0.2) is 4.98 Å². The van der Waals surface area contributed by atoms with Gasteiger partial charge in [-0.3, -0.25) is 0 Å². The molecule has 0 saturated heterocycles. The molecule has 5 heteroatoms. The topological polar surface area (TPSA) is 47.8 Å². The van der Waals surface area contributed by atoms with Gasteiger partial charge in [0.05, 0.1) is 18.9 Å². The van der Waals surface area contributed by atoms with Gasteiger partial charge < -0.3 is 19.2 Å². The highest BCUT2D eigenvalue weighted by molar-refractivity contribution is 5.67. The molecule has 4 rings (SSSR count). The van der Waals surface area contributed by atoms with Crippen molar-refractivity contribution in [2.24, 2.45) is 0 Å². The lowest BCUT2D eigenvalue weighted by molar-refractivity contribution is 0.297. The number of hydrogen-bond donors (Lipinski definition) is 1. The quantitative estimate of drug-likeness (QED) is 0.788. The van der Waals surface area contributed by atoms with Crippen molar-refractivity contribution < 1.29 is 9.47 Å². The van der Waals surface area contributed by atoms with Crippen LogP contribution in [0.3, 0.4) is 0 Å². The first-order valence-electron chi connectivity index (χ1n) is 7.40. The van der Waals surface area contributed by atoms with Crippen LogP contribution in [-0.2, 0) is 0 Å². The summed E-state index contributed by atoms with van der Waals surface area (Å²) < 4.78 is 13.4. The molecule has 0 amide bonds. The summed E-state index contributed by atoms with van der Waals surface area (Å²) in [6.45, 7) is 1.39. The van der Waals surface area contributed by atoms with E-state index in [4.69, 9.17) is 14.5 Å². The minimum atomic E-state index is 0.688. The number of aromatic nitrogens is 2. The molecule has 22 heavy (non-hydrogen) atoms. The molecule has 0 bridgehead atoms. The maximum Gasteiger partial charge on any atom is 0.161 e. The van der Waals surface area contributed by atoms with Crippen LogP contribution in [-0.4, -0.2) is 29.6 Å². The minimum absolute atomic E-state index is 0.688. The third-order valence-electron chi connectivity index (χ3n) is 3.79. The first-order valence-corrected chi connectivity index (χ1v) is 7.40. The Morgan fingerprint density at radius 3 is 2.82 bits per heavy atom. The van der Waals surface area contributed by atoms with E-state index in [0.717, 1.165) is 40.5 Å². The Labute approximate surface area is 128 Å². The summed E-state index contributed by atoms with van der Waals surface area (Å²) in [6.07, 6.45) is 4.93. The zero-order valence-corrected chi connectivity index (χ0v) is 12.4. The summed E-state index contributed by atoms with van der Waals surface area (Å²) in [5, 5.41) is 3.13. The number of nitrogens with zero attached hydrogens (tertiary/aromatic N) is 2. The van der Waals surface area contributed by atoms with Gasteiger partial charge in [0.15, 0.2) is 11.5 Å². The van der Waals surface area contributed by atoms with Crippen LogP contribution in [0, 0.1) is 0 Å². The molecule has 0 fully saturated rings. The van der Waals surface area contributed by atoms with Crippen molar-refractivity contribution in [2.45, 2.75) is 6.42 Å². The summed E-state index contributed by atoms with van der Waals surface area (Å²) in [7, 11) is 1.90. The number of anilines is 1. The van der Waals surface area contributed by atoms with Crippen LogP contribution in [0.2, 0.25) is 0 Å². The monoisotopic (exact) mass is 295 g/mol. The molecule has 3 heterocycles. The maximum atomic E-state index is 5.75. The number of ether oxygens (including phenoxy) is 2. The second kappa shape index (κ2) is 5.26. The van der Waals surface area contributed by atoms with Crippen LogP contribution < -0.4 is 14.8 Å². The first kappa shape index (κ1) is 13.0. The molecule has 5 nitrogen and oxygen atoms in total. The Kier molecular flexibility index (Phi) is 3.11. The van der Waals surface area contributed by atoms with E-state index < -0.39 is 0 Å². The number of fused-ring (bicyclic) bond motifs is 2. The molecule has 1 aliphatic rings. The second-order valence-corrected chi connectivity index (χ2v) is 5.27. The number of nitrogens with one attached hydrogen (secondary N) is 1. The fourth-order valence-corrected chi connectivity index (χ4v) is 2.60. The molecule has 1 aliphatic heterocycles. The number of imidazole rings is 1. The summed E-state index contributed by atoms with van der Waals surface area (Å²) >= 11 is 0. The molecule has 0 radical (unpaired) electrons. The molecule has 0 atom stereocenters. The zero-order chi connectivity index (χ0) is 14.9. The molecule has 3 aromatic rings. The molecule has 0 saturated carbocycles. The van der Waals surface area contributed by atoms with Crippen molar-refractivity contribution >= 4 is 11.3 Å². The Morgan fingerprint density at radius 2 is 1.95 bits per heavy atom. The van der Waals surface area contributed by atoms with Crippen LogP contribution in [0.5, 0.6) is 11.5 Å².